The Kier molecular flexibility index (Phi) is 3.26. The lowest BCUT2D eigenvalue weighted by Gasteiger charge is -2.07. The van der Waals surface area contributed by atoms with Gasteiger partial charge in [-0.1, -0.05) is 17.7 Å². The summed E-state index contributed by atoms with van der Waals surface area (Å²) in [6.07, 6.45) is 0. The molecule has 0 aliphatic heterocycles. The molecule has 0 spiro atoms. The smallest absolute Gasteiger partial charge is 0.288 e. The second-order valence-corrected chi connectivity index (χ2v) is 3.50. The first kappa shape index (κ1) is 11.5. The van der Waals surface area contributed by atoms with E-state index in [1.165, 1.54) is 12.1 Å². The van der Waals surface area contributed by atoms with Crippen molar-refractivity contribution in [3.63, 3.8) is 0 Å². The summed E-state index contributed by atoms with van der Waals surface area (Å²) in [6.45, 7) is 1.58. The van der Waals surface area contributed by atoms with Gasteiger partial charge >= 0.3 is 0 Å². The number of nitrogens with two attached hydrogens (primary N) is 1. The fraction of sp³-hybridized carbons (Fsp3) is 0.222. The van der Waals surface area contributed by atoms with Crippen LogP contribution in [0.4, 0.5) is 5.69 Å². The average Bonchev–Trinajstić information content (AvgIpc) is 2.16. The van der Waals surface area contributed by atoms with Gasteiger partial charge in [0.2, 0.25) is 5.91 Å². The third kappa shape index (κ3) is 2.44. The van der Waals surface area contributed by atoms with E-state index in [9.17, 15) is 14.9 Å². The quantitative estimate of drug-likeness (QED) is 0.633. The van der Waals surface area contributed by atoms with Crippen molar-refractivity contribution in [3.05, 3.63) is 38.9 Å². The molecule has 1 aromatic carbocycles. The second-order valence-electron chi connectivity index (χ2n) is 3.09. The number of carbonyl (C=O) groups excluding carboxylic acids is 1. The molecule has 0 saturated heterocycles. The van der Waals surface area contributed by atoms with Crippen LogP contribution < -0.4 is 5.73 Å². The maximum Gasteiger partial charge on any atom is 0.288 e. The Hall–Kier alpha value is -1.62. The molecule has 1 amide bonds. The number of benzene rings is 1. The summed E-state index contributed by atoms with van der Waals surface area (Å²) < 4.78 is 0. The molecule has 0 aliphatic rings. The molecular formula is C9H9ClN2O3. The fourth-order valence-corrected chi connectivity index (χ4v) is 1.29. The number of amides is 1. The van der Waals surface area contributed by atoms with Gasteiger partial charge in [0.1, 0.15) is 5.02 Å². The van der Waals surface area contributed by atoms with Gasteiger partial charge in [0.05, 0.1) is 10.8 Å². The van der Waals surface area contributed by atoms with Crippen LogP contribution in [0.1, 0.15) is 18.4 Å². The van der Waals surface area contributed by atoms with Crippen LogP contribution in [0.25, 0.3) is 0 Å². The number of nitro benzene ring substituents is 1. The first-order valence-corrected chi connectivity index (χ1v) is 4.54. The molecule has 1 rings (SSSR count). The van der Waals surface area contributed by atoms with E-state index in [-0.39, 0.29) is 10.7 Å². The molecule has 6 heteroatoms. The summed E-state index contributed by atoms with van der Waals surface area (Å²) >= 11 is 5.62. The normalized spacial score (nSPS) is 12.1. The van der Waals surface area contributed by atoms with E-state index >= 15 is 0 Å². The van der Waals surface area contributed by atoms with Gasteiger partial charge in [-0.25, -0.2) is 0 Å². The first-order valence-electron chi connectivity index (χ1n) is 4.16. The molecule has 80 valence electrons. The van der Waals surface area contributed by atoms with Crippen LogP contribution in [-0.4, -0.2) is 10.8 Å². The van der Waals surface area contributed by atoms with Crippen molar-refractivity contribution in [1.82, 2.24) is 0 Å². The Bertz CT molecular complexity index is 420. The van der Waals surface area contributed by atoms with Crippen LogP contribution in [0.5, 0.6) is 0 Å². The van der Waals surface area contributed by atoms with Crippen LogP contribution in [-0.2, 0) is 4.79 Å². The highest BCUT2D eigenvalue weighted by atomic mass is 35.5. The van der Waals surface area contributed by atoms with Gasteiger partial charge < -0.3 is 5.73 Å². The van der Waals surface area contributed by atoms with Gasteiger partial charge in [-0.15, -0.1) is 0 Å². The molecule has 0 bridgehead atoms. The zero-order chi connectivity index (χ0) is 11.6. The second kappa shape index (κ2) is 4.27. The van der Waals surface area contributed by atoms with Crippen molar-refractivity contribution < 1.29 is 9.72 Å². The topological polar surface area (TPSA) is 86.2 Å². The summed E-state index contributed by atoms with van der Waals surface area (Å²) in [7, 11) is 0. The Morgan fingerprint density at radius 2 is 2.20 bits per heavy atom. The van der Waals surface area contributed by atoms with Gasteiger partial charge in [0.25, 0.3) is 5.69 Å². The molecular weight excluding hydrogens is 220 g/mol. The molecule has 0 aliphatic carbocycles. The number of nitro groups is 1. The molecule has 15 heavy (non-hydrogen) atoms. The molecule has 0 saturated carbocycles. The Morgan fingerprint density at radius 1 is 1.60 bits per heavy atom. The zero-order valence-electron chi connectivity index (χ0n) is 7.94. The van der Waals surface area contributed by atoms with E-state index in [4.69, 9.17) is 17.3 Å². The Balaban J connectivity index is 3.18. The highest BCUT2D eigenvalue weighted by Crippen LogP contribution is 2.28. The molecule has 1 unspecified atom stereocenters. The van der Waals surface area contributed by atoms with Crippen LogP contribution >= 0.6 is 11.6 Å². The number of hydrogen-bond acceptors (Lipinski definition) is 3. The van der Waals surface area contributed by atoms with Crippen LogP contribution in [0.2, 0.25) is 5.02 Å². The molecule has 0 fully saturated rings. The maximum atomic E-state index is 10.9. The molecule has 1 atom stereocenters. The lowest BCUT2D eigenvalue weighted by Crippen LogP contribution is -2.18. The Labute approximate surface area is 91.0 Å². The minimum Gasteiger partial charge on any atom is -0.369 e. The van der Waals surface area contributed by atoms with E-state index < -0.39 is 16.7 Å². The Morgan fingerprint density at radius 3 is 2.67 bits per heavy atom. The summed E-state index contributed by atoms with van der Waals surface area (Å²) in [5.41, 5.74) is 5.36. The highest BCUT2D eigenvalue weighted by Gasteiger charge is 2.18. The third-order valence-corrected chi connectivity index (χ3v) is 2.41. The summed E-state index contributed by atoms with van der Waals surface area (Å²) in [5.74, 6) is -1.10. The lowest BCUT2D eigenvalue weighted by atomic mass is 10.0. The lowest BCUT2D eigenvalue weighted by molar-refractivity contribution is -0.384. The van der Waals surface area contributed by atoms with Crippen LogP contribution in [0, 0.1) is 10.1 Å². The van der Waals surface area contributed by atoms with E-state index in [1.807, 2.05) is 0 Å². The minimum atomic E-state index is -0.598. The van der Waals surface area contributed by atoms with Crippen molar-refractivity contribution in [3.8, 4) is 0 Å². The number of nitrogens with zero attached hydrogens (tertiary/aromatic N) is 1. The summed E-state index contributed by atoms with van der Waals surface area (Å²) in [5, 5.41) is 10.6. The van der Waals surface area contributed by atoms with Gasteiger partial charge in [-0.3, -0.25) is 14.9 Å². The first-order chi connectivity index (χ1) is 6.93. The van der Waals surface area contributed by atoms with Crippen molar-refractivity contribution in [2.45, 2.75) is 12.8 Å². The molecule has 0 heterocycles. The van der Waals surface area contributed by atoms with Crippen LogP contribution in [0.3, 0.4) is 0 Å². The van der Waals surface area contributed by atoms with Gasteiger partial charge in [0.15, 0.2) is 0 Å². The molecule has 0 aromatic heterocycles. The number of primary amides is 1. The summed E-state index contributed by atoms with van der Waals surface area (Å²) in [6, 6.07) is 4.19. The van der Waals surface area contributed by atoms with E-state index in [2.05, 4.69) is 0 Å². The van der Waals surface area contributed by atoms with Crippen molar-refractivity contribution in [2.24, 2.45) is 5.73 Å². The standard InChI is InChI=1S/C9H9ClN2O3/c1-5(9(11)13)6-2-3-7(10)8(4-6)12(14)15/h2-5H,1H3,(H2,11,13). The zero-order valence-corrected chi connectivity index (χ0v) is 8.69. The predicted octanol–water partition coefficient (Wildman–Crippen LogP) is 1.84. The van der Waals surface area contributed by atoms with Gasteiger partial charge in [-0.2, -0.15) is 0 Å². The largest absolute Gasteiger partial charge is 0.369 e. The van der Waals surface area contributed by atoms with E-state index in [0.717, 1.165) is 0 Å². The summed E-state index contributed by atoms with van der Waals surface area (Å²) in [4.78, 5) is 20.9. The minimum absolute atomic E-state index is 0.0421. The van der Waals surface area contributed by atoms with Crippen molar-refractivity contribution >= 4 is 23.2 Å². The number of halogens is 1. The van der Waals surface area contributed by atoms with Crippen molar-refractivity contribution in [1.29, 1.82) is 0 Å². The molecule has 5 nitrogen and oxygen atoms in total. The predicted molar refractivity (Wildman–Crippen MR) is 55.7 cm³/mol. The van der Waals surface area contributed by atoms with E-state index in [0.29, 0.717) is 5.56 Å². The number of hydrogen-bond donors (Lipinski definition) is 1. The fourth-order valence-electron chi connectivity index (χ4n) is 1.10. The number of rotatable bonds is 3. The monoisotopic (exact) mass is 228 g/mol. The number of carbonyl (C=O) groups is 1. The maximum absolute atomic E-state index is 10.9. The average molecular weight is 229 g/mol. The van der Waals surface area contributed by atoms with Gasteiger partial charge in [0, 0.05) is 6.07 Å². The van der Waals surface area contributed by atoms with Crippen molar-refractivity contribution in [2.75, 3.05) is 0 Å². The van der Waals surface area contributed by atoms with Gasteiger partial charge in [-0.05, 0) is 18.6 Å². The highest BCUT2D eigenvalue weighted by molar-refractivity contribution is 6.32. The SMILES string of the molecule is CC(C(N)=O)c1ccc(Cl)c([N+](=O)[O-])c1. The molecule has 2 N–H and O–H groups in total. The third-order valence-electron chi connectivity index (χ3n) is 2.09. The van der Waals surface area contributed by atoms with E-state index in [1.54, 1.807) is 13.0 Å². The van der Waals surface area contributed by atoms with Crippen LogP contribution in [0.15, 0.2) is 18.2 Å². The molecule has 0 radical (unpaired) electrons. The molecule has 1 aromatic rings.